The summed E-state index contributed by atoms with van der Waals surface area (Å²) in [5, 5.41) is 14.7. The minimum absolute atomic E-state index is 0.112. The highest BCUT2D eigenvalue weighted by Gasteiger charge is 2.25. The van der Waals surface area contributed by atoms with Gasteiger partial charge < -0.3 is 5.32 Å². The van der Waals surface area contributed by atoms with Gasteiger partial charge >= 0.3 is 0 Å². The molecule has 1 amide bonds. The van der Waals surface area contributed by atoms with Gasteiger partial charge in [0.05, 0.1) is 9.83 Å². The predicted molar refractivity (Wildman–Crippen MR) is 100 cm³/mol. The third-order valence-corrected chi connectivity index (χ3v) is 4.53. The van der Waals surface area contributed by atoms with E-state index in [2.05, 4.69) is 10.3 Å². The standard InChI is InChI=1S/C16H9Cl2N3O3S/c17-10-3-1-2-9(6-10)7-14-15(22)20-16(25-14)19-12-5-4-11(18)8-13(12)21(23)24/h1-8H,(H,19,20,22)/b14-7+. The van der Waals surface area contributed by atoms with Gasteiger partial charge in [-0.15, -0.1) is 0 Å². The lowest BCUT2D eigenvalue weighted by Gasteiger charge is -1.99. The van der Waals surface area contributed by atoms with Crippen molar-refractivity contribution in [2.45, 2.75) is 0 Å². The summed E-state index contributed by atoms with van der Waals surface area (Å²) in [6.07, 6.45) is 1.67. The van der Waals surface area contributed by atoms with E-state index in [1.165, 1.54) is 18.2 Å². The topological polar surface area (TPSA) is 84.6 Å². The zero-order valence-electron chi connectivity index (χ0n) is 12.4. The van der Waals surface area contributed by atoms with Crippen molar-refractivity contribution in [3.63, 3.8) is 0 Å². The van der Waals surface area contributed by atoms with Gasteiger partial charge in [-0.2, -0.15) is 0 Å². The average Bonchev–Trinajstić information content (AvgIpc) is 2.88. The maximum absolute atomic E-state index is 12.1. The number of benzene rings is 2. The summed E-state index contributed by atoms with van der Waals surface area (Å²) >= 11 is 12.8. The lowest BCUT2D eigenvalue weighted by atomic mass is 10.2. The van der Waals surface area contributed by atoms with Crippen molar-refractivity contribution in [2.24, 2.45) is 4.99 Å². The maximum atomic E-state index is 12.1. The molecule has 0 spiro atoms. The molecule has 0 aromatic heterocycles. The molecule has 126 valence electrons. The lowest BCUT2D eigenvalue weighted by molar-refractivity contribution is -0.384. The Kier molecular flexibility index (Phi) is 5.08. The van der Waals surface area contributed by atoms with E-state index in [4.69, 9.17) is 23.2 Å². The summed E-state index contributed by atoms with van der Waals surface area (Å²) < 4.78 is 0. The summed E-state index contributed by atoms with van der Waals surface area (Å²) in [4.78, 5) is 27.2. The normalized spacial score (nSPS) is 17.1. The largest absolute Gasteiger partial charge is 0.300 e. The quantitative estimate of drug-likeness (QED) is 0.461. The Morgan fingerprint density at radius 1 is 1.16 bits per heavy atom. The van der Waals surface area contributed by atoms with Crippen LogP contribution in [0.5, 0.6) is 0 Å². The molecule has 1 fully saturated rings. The summed E-state index contributed by atoms with van der Waals surface area (Å²) in [6.45, 7) is 0. The van der Waals surface area contributed by atoms with E-state index in [0.717, 1.165) is 17.3 Å². The Labute approximate surface area is 156 Å². The van der Waals surface area contributed by atoms with Crippen molar-refractivity contribution >= 4 is 63.5 Å². The van der Waals surface area contributed by atoms with Crippen LogP contribution in [0.15, 0.2) is 52.4 Å². The molecule has 0 unspecified atom stereocenters. The highest BCUT2D eigenvalue weighted by atomic mass is 35.5. The molecule has 1 aliphatic rings. The fourth-order valence-corrected chi connectivity index (χ4v) is 3.27. The number of aliphatic imine (C=N–C) groups is 1. The number of nitro benzene ring substituents is 1. The van der Waals surface area contributed by atoms with Crippen LogP contribution in [0.2, 0.25) is 10.0 Å². The predicted octanol–water partition coefficient (Wildman–Crippen LogP) is 4.79. The number of amidine groups is 1. The first kappa shape index (κ1) is 17.5. The summed E-state index contributed by atoms with van der Waals surface area (Å²) in [5.41, 5.74) is 0.646. The highest BCUT2D eigenvalue weighted by Crippen LogP contribution is 2.33. The van der Waals surface area contributed by atoms with Gasteiger partial charge in [-0.1, -0.05) is 35.3 Å². The highest BCUT2D eigenvalue weighted by molar-refractivity contribution is 8.18. The Morgan fingerprint density at radius 3 is 2.64 bits per heavy atom. The molecule has 9 heteroatoms. The SMILES string of the molecule is O=C1NC(=Nc2ccc(Cl)cc2[N+](=O)[O-])S/C1=C/c1cccc(Cl)c1. The van der Waals surface area contributed by atoms with Gasteiger partial charge in [-0.3, -0.25) is 14.9 Å². The van der Waals surface area contributed by atoms with E-state index < -0.39 is 4.92 Å². The zero-order chi connectivity index (χ0) is 18.0. The molecule has 0 atom stereocenters. The molecule has 2 aromatic carbocycles. The lowest BCUT2D eigenvalue weighted by Crippen LogP contribution is -2.19. The van der Waals surface area contributed by atoms with Crippen molar-refractivity contribution < 1.29 is 9.72 Å². The second kappa shape index (κ2) is 7.26. The monoisotopic (exact) mass is 393 g/mol. The smallest absolute Gasteiger partial charge is 0.296 e. The molecule has 0 radical (unpaired) electrons. The summed E-state index contributed by atoms with van der Waals surface area (Å²) in [5.74, 6) is -0.333. The molecule has 1 N–H and O–H groups in total. The van der Waals surface area contributed by atoms with Crippen molar-refractivity contribution in [2.75, 3.05) is 0 Å². The van der Waals surface area contributed by atoms with Gasteiger partial charge in [-0.25, -0.2) is 4.99 Å². The van der Waals surface area contributed by atoms with Crippen molar-refractivity contribution in [1.29, 1.82) is 0 Å². The molecule has 0 aliphatic carbocycles. The number of hydrogen-bond donors (Lipinski definition) is 1. The van der Waals surface area contributed by atoms with Crippen LogP contribution in [-0.2, 0) is 4.79 Å². The number of halogens is 2. The van der Waals surface area contributed by atoms with Gasteiger partial charge in [0.1, 0.15) is 5.69 Å². The van der Waals surface area contributed by atoms with Crippen LogP contribution in [-0.4, -0.2) is 16.0 Å². The molecular weight excluding hydrogens is 385 g/mol. The molecule has 6 nitrogen and oxygen atoms in total. The molecule has 2 aromatic rings. The van der Waals surface area contributed by atoms with Crippen molar-refractivity contribution in [3.8, 4) is 0 Å². The third-order valence-electron chi connectivity index (χ3n) is 3.15. The van der Waals surface area contributed by atoms with E-state index in [-0.39, 0.29) is 27.5 Å². The first-order chi connectivity index (χ1) is 11.9. The molecule has 1 heterocycles. The molecular formula is C16H9Cl2N3O3S. The van der Waals surface area contributed by atoms with Crippen LogP contribution in [0.25, 0.3) is 6.08 Å². The summed E-state index contributed by atoms with van der Waals surface area (Å²) in [7, 11) is 0. The van der Waals surface area contributed by atoms with E-state index in [1.54, 1.807) is 24.3 Å². The van der Waals surface area contributed by atoms with E-state index >= 15 is 0 Å². The van der Waals surface area contributed by atoms with Gasteiger partial charge in [0, 0.05) is 16.1 Å². The minimum atomic E-state index is -0.574. The van der Waals surface area contributed by atoms with Crippen LogP contribution >= 0.6 is 35.0 Å². The summed E-state index contributed by atoms with van der Waals surface area (Å²) in [6, 6.07) is 11.2. The number of carbonyl (C=O) groups excluding carboxylic acids is 1. The molecule has 3 rings (SSSR count). The fourth-order valence-electron chi connectivity index (χ4n) is 2.08. The van der Waals surface area contributed by atoms with Gasteiger partial charge in [0.25, 0.3) is 11.6 Å². The van der Waals surface area contributed by atoms with E-state index in [1.807, 2.05) is 6.07 Å². The number of nitro groups is 1. The molecule has 0 bridgehead atoms. The first-order valence-electron chi connectivity index (χ1n) is 6.91. The van der Waals surface area contributed by atoms with Gasteiger partial charge in [0.15, 0.2) is 5.17 Å². The van der Waals surface area contributed by atoms with Crippen molar-refractivity contribution in [3.05, 3.63) is 73.1 Å². The maximum Gasteiger partial charge on any atom is 0.296 e. The zero-order valence-corrected chi connectivity index (χ0v) is 14.7. The third kappa shape index (κ3) is 4.19. The van der Waals surface area contributed by atoms with Crippen molar-refractivity contribution in [1.82, 2.24) is 5.32 Å². The number of amides is 1. The Balaban J connectivity index is 1.90. The second-order valence-electron chi connectivity index (χ2n) is 4.93. The van der Waals surface area contributed by atoms with Gasteiger partial charge in [-0.05, 0) is 47.7 Å². The molecule has 1 aliphatic heterocycles. The number of thioether (sulfide) groups is 1. The van der Waals surface area contributed by atoms with Crippen LogP contribution in [0, 0.1) is 10.1 Å². The number of nitrogens with one attached hydrogen (secondary N) is 1. The number of nitrogens with zero attached hydrogens (tertiary/aromatic N) is 2. The number of carbonyl (C=O) groups is 1. The van der Waals surface area contributed by atoms with Crippen LogP contribution in [0.4, 0.5) is 11.4 Å². The van der Waals surface area contributed by atoms with E-state index in [9.17, 15) is 14.9 Å². The molecule has 1 saturated heterocycles. The molecule has 25 heavy (non-hydrogen) atoms. The van der Waals surface area contributed by atoms with Crippen LogP contribution in [0.1, 0.15) is 5.56 Å². The number of hydrogen-bond acceptors (Lipinski definition) is 5. The first-order valence-corrected chi connectivity index (χ1v) is 8.49. The van der Waals surface area contributed by atoms with E-state index in [0.29, 0.717) is 9.93 Å². The molecule has 0 saturated carbocycles. The number of rotatable bonds is 3. The van der Waals surface area contributed by atoms with Crippen LogP contribution < -0.4 is 5.32 Å². The minimum Gasteiger partial charge on any atom is -0.300 e. The Morgan fingerprint density at radius 2 is 1.92 bits per heavy atom. The Bertz CT molecular complexity index is 944. The van der Waals surface area contributed by atoms with Crippen LogP contribution in [0.3, 0.4) is 0 Å². The van der Waals surface area contributed by atoms with Gasteiger partial charge in [0.2, 0.25) is 0 Å². The second-order valence-corrected chi connectivity index (χ2v) is 6.83. The average molecular weight is 394 g/mol. The Hall–Kier alpha value is -2.35. The fraction of sp³-hybridized carbons (Fsp3) is 0.